The highest BCUT2D eigenvalue weighted by Gasteiger charge is 2.31. The first kappa shape index (κ1) is 14.4. The maximum atomic E-state index is 12.4. The van der Waals surface area contributed by atoms with Crippen LogP contribution in [0.5, 0.6) is 0 Å². The van der Waals surface area contributed by atoms with Gasteiger partial charge < -0.3 is 0 Å². The van der Waals surface area contributed by atoms with Gasteiger partial charge in [0.15, 0.2) is 0 Å². The topological polar surface area (TPSA) is 46.2 Å². The molecule has 0 aliphatic heterocycles. The Hall–Kier alpha value is -0.660. The number of halogens is 5. The summed E-state index contributed by atoms with van der Waals surface area (Å²) in [4.78, 5) is 0. The van der Waals surface area contributed by atoms with E-state index < -0.39 is 27.0 Å². The van der Waals surface area contributed by atoms with Gasteiger partial charge in [-0.3, -0.25) is 4.72 Å². The summed E-state index contributed by atoms with van der Waals surface area (Å²) in [6, 6.07) is 2.31. The molecule has 0 saturated heterocycles. The molecule has 0 spiro atoms. The minimum Gasteiger partial charge on any atom is -0.281 e. The van der Waals surface area contributed by atoms with Crippen LogP contribution in [0.2, 0.25) is 5.02 Å². The maximum Gasteiger partial charge on any atom is 0.416 e. The second-order valence-electron chi connectivity index (χ2n) is 3.02. The van der Waals surface area contributed by atoms with Gasteiger partial charge in [0.25, 0.3) is 0 Å². The third kappa shape index (κ3) is 3.93. The average Bonchev–Trinajstić information content (AvgIpc) is 2.19. The first-order valence-electron chi connectivity index (χ1n) is 4.09. The van der Waals surface area contributed by atoms with Crippen molar-refractivity contribution in [2.45, 2.75) is 6.18 Å². The molecular formula is C8H6Cl2F3NO2S. The summed E-state index contributed by atoms with van der Waals surface area (Å²) in [7, 11) is -3.89. The Morgan fingerprint density at radius 3 is 2.35 bits per heavy atom. The highest BCUT2D eigenvalue weighted by molar-refractivity contribution is 7.93. The Labute approximate surface area is 106 Å². The predicted octanol–water partition coefficient (Wildman–Crippen LogP) is 3.30. The fourth-order valence-corrected chi connectivity index (χ4v) is 1.92. The number of hydrogen-bond acceptors (Lipinski definition) is 2. The van der Waals surface area contributed by atoms with Crippen molar-refractivity contribution < 1.29 is 21.6 Å². The van der Waals surface area contributed by atoms with Crippen LogP contribution in [0.25, 0.3) is 0 Å². The molecule has 17 heavy (non-hydrogen) atoms. The van der Waals surface area contributed by atoms with Crippen molar-refractivity contribution in [3.8, 4) is 0 Å². The second-order valence-corrected chi connectivity index (χ2v) is 5.73. The van der Waals surface area contributed by atoms with E-state index in [1.807, 2.05) is 4.72 Å². The predicted molar refractivity (Wildman–Crippen MR) is 59.7 cm³/mol. The molecule has 0 amide bonds. The molecule has 9 heteroatoms. The van der Waals surface area contributed by atoms with Crippen molar-refractivity contribution in [1.29, 1.82) is 0 Å². The van der Waals surface area contributed by atoms with Gasteiger partial charge in [-0.25, -0.2) is 8.42 Å². The molecule has 0 heterocycles. The Morgan fingerprint density at radius 1 is 1.29 bits per heavy atom. The SMILES string of the molecule is O=S(=O)(CCl)Nc1cc(C(F)(F)F)ccc1Cl. The van der Waals surface area contributed by atoms with Crippen LogP contribution in [-0.4, -0.2) is 13.6 Å². The second kappa shape index (κ2) is 4.91. The number of sulfonamides is 1. The van der Waals surface area contributed by atoms with Gasteiger partial charge >= 0.3 is 6.18 Å². The molecule has 0 aromatic heterocycles. The summed E-state index contributed by atoms with van der Waals surface area (Å²) in [6.07, 6.45) is -4.58. The average molecular weight is 308 g/mol. The van der Waals surface area contributed by atoms with Crippen molar-refractivity contribution in [2.24, 2.45) is 0 Å². The Bertz CT molecular complexity index is 516. The van der Waals surface area contributed by atoms with E-state index >= 15 is 0 Å². The lowest BCUT2D eigenvalue weighted by atomic mass is 10.2. The number of alkyl halides is 4. The van der Waals surface area contributed by atoms with Crippen LogP contribution in [-0.2, 0) is 16.2 Å². The molecule has 0 unspecified atom stereocenters. The van der Waals surface area contributed by atoms with Gasteiger partial charge in [0.2, 0.25) is 10.0 Å². The zero-order valence-corrected chi connectivity index (χ0v) is 10.4. The summed E-state index contributed by atoms with van der Waals surface area (Å²) in [6.45, 7) is 0. The minimum absolute atomic E-state index is 0.147. The van der Waals surface area contributed by atoms with E-state index in [0.29, 0.717) is 6.07 Å². The van der Waals surface area contributed by atoms with Crippen LogP contribution >= 0.6 is 23.2 Å². The van der Waals surface area contributed by atoms with Gasteiger partial charge in [-0.15, -0.1) is 11.6 Å². The van der Waals surface area contributed by atoms with Crippen LogP contribution in [0, 0.1) is 0 Å². The van der Waals surface area contributed by atoms with E-state index in [-0.39, 0.29) is 10.7 Å². The lowest BCUT2D eigenvalue weighted by molar-refractivity contribution is -0.137. The number of benzene rings is 1. The van der Waals surface area contributed by atoms with E-state index in [0.717, 1.165) is 12.1 Å². The minimum atomic E-state index is -4.58. The third-order valence-corrected chi connectivity index (χ3v) is 3.71. The zero-order chi connectivity index (χ0) is 13.3. The van der Waals surface area contributed by atoms with E-state index in [1.165, 1.54) is 0 Å². The lowest BCUT2D eigenvalue weighted by Crippen LogP contribution is -2.14. The van der Waals surface area contributed by atoms with Gasteiger partial charge in [-0.05, 0) is 18.2 Å². The first-order chi connectivity index (χ1) is 7.65. The summed E-state index contributed by atoms with van der Waals surface area (Å²) in [5.74, 6) is 0. The maximum absolute atomic E-state index is 12.4. The highest BCUT2D eigenvalue weighted by atomic mass is 35.5. The molecule has 0 fully saturated rings. The Morgan fingerprint density at radius 2 is 1.88 bits per heavy atom. The Balaban J connectivity index is 3.17. The fraction of sp³-hybridized carbons (Fsp3) is 0.250. The molecule has 0 radical (unpaired) electrons. The summed E-state index contributed by atoms with van der Waals surface area (Å²) >= 11 is 10.7. The molecule has 1 aromatic rings. The molecule has 0 atom stereocenters. The van der Waals surface area contributed by atoms with Crippen molar-refractivity contribution in [2.75, 3.05) is 9.93 Å². The van der Waals surface area contributed by atoms with Crippen molar-refractivity contribution >= 4 is 38.9 Å². The molecule has 1 rings (SSSR count). The molecule has 96 valence electrons. The number of hydrogen-bond donors (Lipinski definition) is 1. The largest absolute Gasteiger partial charge is 0.416 e. The zero-order valence-electron chi connectivity index (χ0n) is 8.05. The van der Waals surface area contributed by atoms with Crippen LogP contribution in [0.15, 0.2) is 18.2 Å². The fourth-order valence-electron chi connectivity index (χ4n) is 0.975. The summed E-state index contributed by atoms with van der Waals surface area (Å²) in [5.41, 5.74) is -1.36. The molecular weight excluding hydrogens is 302 g/mol. The van der Waals surface area contributed by atoms with Gasteiger partial charge in [-0.1, -0.05) is 11.6 Å². The Kier molecular flexibility index (Phi) is 4.16. The lowest BCUT2D eigenvalue weighted by Gasteiger charge is -2.11. The molecule has 1 N–H and O–H groups in total. The molecule has 3 nitrogen and oxygen atoms in total. The summed E-state index contributed by atoms with van der Waals surface area (Å²) < 4.78 is 61.2. The first-order valence-corrected chi connectivity index (χ1v) is 6.65. The van der Waals surface area contributed by atoms with E-state index in [9.17, 15) is 21.6 Å². The van der Waals surface area contributed by atoms with Crippen LogP contribution in [0.1, 0.15) is 5.56 Å². The van der Waals surface area contributed by atoms with Crippen molar-refractivity contribution in [3.05, 3.63) is 28.8 Å². The number of nitrogens with one attached hydrogen (secondary N) is 1. The number of rotatable bonds is 3. The third-order valence-electron chi connectivity index (χ3n) is 1.70. The van der Waals surface area contributed by atoms with Gasteiger partial charge in [0.05, 0.1) is 16.3 Å². The van der Waals surface area contributed by atoms with Gasteiger partial charge in [0.1, 0.15) is 5.21 Å². The highest BCUT2D eigenvalue weighted by Crippen LogP contribution is 2.34. The monoisotopic (exact) mass is 307 g/mol. The molecule has 0 aliphatic carbocycles. The normalized spacial score (nSPS) is 12.5. The molecule has 0 aliphatic rings. The van der Waals surface area contributed by atoms with Gasteiger partial charge in [0, 0.05) is 0 Å². The molecule has 0 bridgehead atoms. The molecule has 0 saturated carbocycles. The van der Waals surface area contributed by atoms with E-state index in [1.54, 1.807) is 0 Å². The van der Waals surface area contributed by atoms with E-state index in [4.69, 9.17) is 23.2 Å². The van der Waals surface area contributed by atoms with Crippen molar-refractivity contribution in [3.63, 3.8) is 0 Å². The smallest absolute Gasteiger partial charge is 0.281 e. The quantitative estimate of drug-likeness (QED) is 0.871. The standard InChI is InChI=1S/C8H6Cl2F3NO2S/c9-4-17(15,16)14-7-3-5(8(11,12)13)1-2-6(7)10/h1-3,14H,4H2. The van der Waals surface area contributed by atoms with Crippen LogP contribution in [0.3, 0.4) is 0 Å². The number of anilines is 1. The summed E-state index contributed by atoms with van der Waals surface area (Å²) in [5, 5.41) is -0.925. The van der Waals surface area contributed by atoms with E-state index in [2.05, 4.69) is 0 Å². The van der Waals surface area contributed by atoms with Crippen LogP contribution < -0.4 is 4.72 Å². The van der Waals surface area contributed by atoms with Gasteiger partial charge in [-0.2, -0.15) is 13.2 Å². The molecule has 1 aromatic carbocycles. The van der Waals surface area contributed by atoms with Crippen LogP contribution in [0.4, 0.5) is 18.9 Å². The van der Waals surface area contributed by atoms with Crippen molar-refractivity contribution in [1.82, 2.24) is 0 Å².